The van der Waals surface area contributed by atoms with Crippen molar-refractivity contribution in [1.29, 1.82) is 0 Å². The third kappa shape index (κ3) is 2.60. The highest BCUT2D eigenvalue weighted by atomic mass is 35.5. The van der Waals surface area contributed by atoms with E-state index in [1.165, 1.54) is 6.33 Å². The molecule has 7 heteroatoms. The zero-order chi connectivity index (χ0) is 15.7. The molecule has 3 atom stereocenters. The fourth-order valence-electron chi connectivity index (χ4n) is 2.80. The number of nitrogens with zero attached hydrogens (tertiary/aromatic N) is 3. The molecule has 2 heterocycles. The summed E-state index contributed by atoms with van der Waals surface area (Å²) in [6, 6.07) is 7.10. The molecular formula is C15H16ClN3O3. The van der Waals surface area contributed by atoms with Crippen molar-refractivity contribution in [1.82, 2.24) is 14.8 Å². The summed E-state index contributed by atoms with van der Waals surface area (Å²) < 4.78 is 6.99. The molecule has 6 nitrogen and oxygen atoms in total. The molecule has 0 amide bonds. The zero-order valence-corrected chi connectivity index (χ0v) is 12.8. The zero-order valence-electron chi connectivity index (χ0n) is 12.0. The Bertz CT molecular complexity index is 657. The van der Waals surface area contributed by atoms with Crippen LogP contribution in [-0.4, -0.2) is 38.0 Å². The molecule has 0 saturated carbocycles. The minimum Gasteiger partial charge on any atom is -0.459 e. The van der Waals surface area contributed by atoms with Crippen LogP contribution in [0, 0.1) is 0 Å². The lowest BCUT2D eigenvalue weighted by Gasteiger charge is -2.25. The first kappa shape index (κ1) is 15.0. The number of halogens is 1. The van der Waals surface area contributed by atoms with Gasteiger partial charge in [0, 0.05) is 11.4 Å². The molecule has 116 valence electrons. The van der Waals surface area contributed by atoms with Crippen LogP contribution < -0.4 is 0 Å². The number of esters is 1. The second-order valence-electron chi connectivity index (χ2n) is 5.57. The molecule has 3 unspecified atom stereocenters. The SMILES string of the molecule is CC(O)C1CC(Cn2cncn2)(c2ccc(Cl)cc2)C(=O)O1. The van der Waals surface area contributed by atoms with Gasteiger partial charge in [0.05, 0.1) is 12.6 Å². The van der Waals surface area contributed by atoms with Crippen molar-refractivity contribution in [2.75, 3.05) is 0 Å². The van der Waals surface area contributed by atoms with Crippen LogP contribution in [0.3, 0.4) is 0 Å². The second-order valence-corrected chi connectivity index (χ2v) is 6.01. The van der Waals surface area contributed by atoms with Crippen LogP contribution in [0.1, 0.15) is 18.9 Å². The van der Waals surface area contributed by atoms with Gasteiger partial charge in [0.25, 0.3) is 0 Å². The minimum atomic E-state index is -0.903. The molecule has 1 N–H and O–H groups in total. The van der Waals surface area contributed by atoms with Gasteiger partial charge < -0.3 is 9.84 Å². The maximum atomic E-state index is 12.6. The van der Waals surface area contributed by atoms with Gasteiger partial charge in [0.15, 0.2) is 0 Å². The topological polar surface area (TPSA) is 77.2 Å². The van der Waals surface area contributed by atoms with Crippen LogP contribution in [0.25, 0.3) is 0 Å². The van der Waals surface area contributed by atoms with E-state index in [9.17, 15) is 9.90 Å². The lowest BCUT2D eigenvalue weighted by molar-refractivity contribution is -0.149. The number of carbonyl (C=O) groups is 1. The number of ether oxygens (including phenoxy) is 1. The first-order chi connectivity index (χ1) is 10.5. The fourth-order valence-corrected chi connectivity index (χ4v) is 2.93. The molecule has 1 saturated heterocycles. The average Bonchev–Trinajstić information content (AvgIpc) is 3.09. The van der Waals surface area contributed by atoms with E-state index in [1.807, 2.05) is 12.1 Å². The van der Waals surface area contributed by atoms with E-state index in [4.69, 9.17) is 16.3 Å². The van der Waals surface area contributed by atoms with Crippen LogP contribution in [0.4, 0.5) is 0 Å². The molecule has 0 radical (unpaired) electrons. The number of aliphatic hydroxyl groups is 1. The van der Waals surface area contributed by atoms with Gasteiger partial charge in [-0.15, -0.1) is 0 Å². The summed E-state index contributed by atoms with van der Waals surface area (Å²) in [6.07, 6.45) is 2.09. The number of aliphatic hydroxyl groups excluding tert-OH is 1. The van der Waals surface area contributed by atoms with Crippen LogP contribution in [-0.2, 0) is 21.5 Å². The molecule has 0 bridgehead atoms. The van der Waals surface area contributed by atoms with Crippen LogP contribution in [0.2, 0.25) is 5.02 Å². The molecule has 1 aromatic carbocycles. The second kappa shape index (κ2) is 5.70. The number of aromatic nitrogens is 3. The number of carbonyl (C=O) groups excluding carboxylic acids is 1. The van der Waals surface area contributed by atoms with E-state index in [0.717, 1.165) is 5.56 Å². The molecule has 1 fully saturated rings. The summed E-state index contributed by atoms with van der Waals surface area (Å²) in [5, 5.41) is 14.5. The fraction of sp³-hybridized carbons (Fsp3) is 0.400. The van der Waals surface area contributed by atoms with Crippen molar-refractivity contribution < 1.29 is 14.6 Å². The molecular weight excluding hydrogens is 306 g/mol. The third-order valence-electron chi connectivity index (χ3n) is 4.03. The summed E-state index contributed by atoms with van der Waals surface area (Å²) >= 11 is 5.94. The number of cyclic esters (lactones) is 1. The summed E-state index contributed by atoms with van der Waals surface area (Å²) in [7, 11) is 0. The summed E-state index contributed by atoms with van der Waals surface area (Å²) in [5.41, 5.74) is -0.111. The average molecular weight is 322 g/mol. The molecule has 1 aliphatic rings. The highest BCUT2D eigenvalue weighted by Crippen LogP contribution is 2.40. The maximum absolute atomic E-state index is 12.6. The Morgan fingerprint density at radius 3 is 2.77 bits per heavy atom. The molecule has 0 aliphatic carbocycles. The first-order valence-electron chi connectivity index (χ1n) is 6.99. The predicted molar refractivity (Wildman–Crippen MR) is 79.3 cm³/mol. The molecule has 1 aliphatic heterocycles. The highest BCUT2D eigenvalue weighted by Gasteiger charge is 2.52. The number of hydrogen-bond donors (Lipinski definition) is 1. The largest absolute Gasteiger partial charge is 0.459 e. The van der Waals surface area contributed by atoms with Crippen LogP contribution in [0.5, 0.6) is 0 Å². The van der Waals surface area contributed by atoms with E-state index in [-0.39, 0.29) is 5.97 Å². The monoisotopic (exact) mass is 321 g/mol. The number of hydrogen-bond acceptors (Lipinski definition) is 5. The van der Waals surface area contributed by atoms with Gasteiger partial charge in [-0.05, 0) is 24.6 Å². The normalized spacial score (nSPS) is 26.0. The Morgan fingerprint density at radius 1 is 1.50 bits per heavy atom. The van der Waals surface area contributed by atoms with Crippen molar-refractivity contribution in [3.05, 3.63) is 47.5 Å². The Balaban J connectivity index is 2.02. The molecule has 3 rings (SSSR count). The van der Waals surface area contributed by atoms with Gasteiger partial charge in [-0.3, -0.25) is 9.48 Å². The van der Waals surface area contributed by atoms with E-state index in [1.54, 1.807) is 30.1 Å². The molecule has 1 aromatic heterocycles. The quantitative estimate of drug-likeness (QED) is 0.865. The van der Waals surface area contributed by atoms with E-state index in [0.29, 0.717) is 18.0 Å². The van der Waals surface area contributed by atoms with E-state index < -0.39 is 17.6 Å². The maximum Gasteiger partial charge on any atom is 0.318 e. The Morgan fingerprint density at radius 2 is 2.23 bits per heavy atom. The van der Waals surface area contributed by atoms with E-state index >= 15 is 0 Å². The third-order valence-corrected chi connectivity index (χ3v) is 4.28. The standard InChI is InChI=1S/C15H16ClN3O3/c1-10(20)13-6-15(14(21)22-13,7-19-9-17-8-18-19)11-2-4-12(16)5-3-11/h2-5,8-10,13,20H,6-7H2,1H3. The van der Waals surface area contributed by atoms with Gasteiger partial charge in [-0.2, -0.15) is 5.10 Å². The first-order valence-corrected chi connectivity index (χ1v) is 7.37. The lowest BCUT2D eigenvalue weighted by atomic mass is 9.77. The molecule has 0 spiro atoms. The number of benzene rings is 1. The lowest BCUT2D eigenvalue weighted by Crippen LogP contribution is -2.37. The van der Waals surface area contributed by atoms with Crippen molar-refractivity contribution in [2.24, 2.45) is 0 Å². The van der Waals surface area contributed by atoms with Crippen molar-refractivity contribution in [2.45, 2.75) is 37.5 Å². The minimum absolute atomic E-state index is 0.302. The Labute approximate surface area is 132 Å². The van der Waals surface area contributed by atoms with Crippen molar-refractivity contribution in [3.63, 3.8) is 0 Å². The molecule has 2 aromatic rings. The molecule has 22 heavy (non-hydrogen) atoms. The summed E-state index contributed by atoms with van der Waals surface area (Å²) in [6.45, 7) is 1.92. The number of rotatable bonds is 4. The highest BCUT2D eigenvalue weighted by molar-refractivity contribution is 6.30. The van der Waals surface area contributed by atoms with Crippen LogP contribution in [0.15, 0.2) is 36.9 Å². The Kier molecular flexibility index (Phi) is 3.88. The summed E-state index contributed by atoms with van der Waals surface area (Å²) in [4.78, 5) is 16.5. The van der Waals surface area contributed by atoms with Gasteiger partial charge >= 0.3 is 5.97 Å². The Hall–Kier alpha value is -1.92. The smallest absolute Gasteiger partial charge is 0.318 e. The van der Waals surface area contributed by atoms with Gasteiger partial charge in [0.2, 0.25) is 0 Å². The van der Waals surface area contributed by atoms with Crippen molar-refractivity contribution in [3.8, 4) is 0 Å². The van der Waals surface area contributed by atoms with E-state index in [2.05, 4.69) is 10.1 Å². The summed E-state index contributed by atoms with van der Waals surface area (Å²) in [5.74, 6) is -0.365. The van der Waals surface area contributed by atoms with Gasteiger partial charge in [0.1, 0.15) is 24.2 Å². The van der Waals surface area contributed by atoms with Crippen LogP contribution >= 0.6 is 11.6 Å². The predicted octanol–water partition coefficient (Wildman–Crippen LogP) is 1.57. The van der Waals surface area contributed by atoms with Crippen molar-refractivity contribution >= 4 is 17.6 Å². The van der Waals surface area contributed by atoms with Gasteiger partial charge in [-0.1, -0.05) is 23.7 Å². The van der Waals surface area contributed by atoms with Gasteiger partial charge in [-0.25, -0.2) is 4.98 Å².